The first-order chi connectivity index (χ1) is 11.8. The van der Waals surface area contributed by atoms with Crippen LogP contribution in [-0.4, -0.2) is 65.9 Å². The van der Waals surface area contributed by atoms with Crippen molar-refractivity contribution in [3.8, 4) is 11.4 Å². The molecule has 1 amide bonds. The van der Waals surface area contributed by atoms with E-state index in [1.165, 1.54) is 4.90 Å². The van der Waals surface area contributed by atoms with Gasteiger partial charge >= 0.3 is 0 Å². The van der Waals surface area contributed by atoms with Crippen LogP contribution in [0.1, 0.15) is 22.6 Å². The lowest BCUT2D eigenvalue weighted by molar-refractivity contribution is 0.0741. The van der Waals surface area contributed by atoms with Gasteiger partial charge in [-0.3, -0.25) is 4.79 Å². The van der Waals surface area contributed by atoms with Crippen molar-refractivity contribution in [2.45, 2.75) is 19.4 Å². The van der Waals surface area contributed by atoms with Gasteiger partial charge in [-0.1, -0.05) is 5.21 Å². The molecule has 0 radical (unpaired) electrons. The number of hydrogen-bond donors (Lipinski definition) is 0. The van der Waals surface area contributed by atoms with Crippen molar-refractivity contribution in [3.05, 3.63) is 35.7 Å². The fraction of sp³-hybridized carbons (Fsp3) is 0.438. The monoisotopic (exact) mass is 364 g/mol. The molecule has 0 saturated carbocycles. The highest BCUT2D eigenvalue weighted by Gasteiger charge is 2.34. The van der Waals surface area contributed by atoms with Crippen molar-refractivity contribution in [2.24, 2.45) is 0 Å². The molecule has 8 nitrogen and oxygen atoms in total. The molecule has 1 aliphatic rings. The molecule has 9 heteroatoms. The number of methoxy groups -OCH3 is 1. The van der Waals surface area contributed by atoms with Gasteiger partial charge in [-0.2, -0.15) is 0 Å². The third kappa shape index (κ3) is 3.37. The van der Waals surface area contributed by atoms with E-state index < -0.39 is 9.84 Å². The van der Waals surface area contributed by atoms with Crippen molar-refractivity contribution in [3.63, 3.8) is 0 Å². The summed E-state index contributed by atoms with van der Waals surface area (Å²) in [6.07, 6.45) is 0.455. The summed E-state index contributed by atoms with van der Waals surface area (Å²) in [5.74, 6) is 0.521. The molecule has 1 aliphatic heterocycles. The zero-order valence-corrected chi connectivity index (χ0v) is 15.2. The second-order valence-electron chi connectivity index (χ2n) is 6.11. The summed E-state index contributed by atoms with van der Waals surface area (Å²) in [5, 5.41) is 8.06. The van der Waals surface area contributed by atoms with Gasteiger partial charge in [0.2, 0.25) is 0 Å². The zero-order valence-electron chi connectivity index (χ0n) is 14.3. The number of aromatic nitrogens is 3. The third-order valence-electron chi connectivity index (χ3n) is 4.49. The Labute approximate surface area is 146 Å². The van der Waals surface area contributed by atoms with Crippen LogP contribution in [0.5, 0.6) is 5.75 Å². The molecule has 2 heterocycles. The second kappa shape index (κ2) is 6.47. The molecule has 3 rings (SSSR count). The Morgan fingerprint density at radius 1 is 1.32 bits per heavy atom. The molecule has 0 spiro atoms. The third-order valence-corrected chi connectivity index (χ3v) is 6.24. The van der Waals surface area contributed by atoms with Gasteiger partial charge < -0.3 is 9.64 Å². The van der Waals surface area contributed by atoms with E-state index in [1.54, 1.807) is 37.9 Å². The lowest BCUT2D eigenvalue weighted by Gasteiger charge is -2.22. The van der Waals surface area contributed by atoms with E-state index in [0.717, 1.165) is 11.4 Å². The quantitative estimate of drug-likeness (QED) is 0.798. The van der Waals surface area contributed by atoms with Crippen molar-refractivity contribution in [1.82, 2.24) is 19.9 Å². The largest absolute Gasteiger partial charge is 0.497 e. The average molecular weight is 364 g/mol. The Hall–Kier alpha value is -2.42. The number of hydrogen-bond acceptors (Lipinski definition) is 6. The van der Waals surface area contributed by atoms with Crippen LogP contribution in [0.2, 0.25) is 0 Å². The maximum absolute atomic E-state index is 12.7. The Morgan fingerprint density at radius 2 is 2.00 bits per heavy atom. The summed E-state index contributed by atoms with van der Waals surface area (Å²) in [4.78, 5) is 14.2. The minimum atomic E-state index is -3.06. The van der Waals surface area contributed by atoms with Crippen LogP contribution in [0.4, 0.5) is 0 Å². The van der Waals surface area contributed by atoms with E-state index in [4.69, 9.17) is 4.74 Å². The van der Waals surface area contributed by atoms with Crippen LogP contribution < -0.4 is 4.74 Å². The number of carbonyl (C=O) groups excluding carboxylic acids is 1. The molecule has 25 heavy (non-hydrogen) atoms. The van der Waals surface area contributed by atoms with Crippen molar-refractivity contribution < 1.29 is 17.9 Å². The van der Waals surface area contributed by atoms with Gasteiger partial charge in [0.05, 0.1) is 30.0 Å². The van der Waals surface area contributed by atoms with E-state index in [2.05, 4.69) is 10.3 Å². The van der Waals surface area contributed by atoms with Crippen LogP contribution >= 0.6 is 0 Å². The van der Waals surface area contributed by atoms with Crippen LogP contribution in [0.3, 0.4) is 0 Å². The normalized spacial score (nSPS) is 18.9. The highest BCUT2D eigenvalue weighted by Crippen LogP contribution is 2.21. The first-order valence-corrected chi connectivity index (χ1v) is 9.69. The molecule has 134 valence electrons. The predicted octanol–water partition coefficient (Wildman–Crippen LogP) is 0.843. The smallest absolute Gasteiger partial charge is 0.276 e. The Morgan fingerprint density at radius 3 is 2.56 bits per heavy atom. The first kappa shape index (κ1) is 17.4. The molecular weight excluding hydrogens is 344 g/mol. The zero-order chi connectivity index (χ0) is 18.2. The molecule has 0 N–H and O–H groups in total. The second-order valence-corrected chi connectivity index (χ2v) is 8.33. The molecule has 1 aromatic heterocycles. The van der Waals surface area contributed by atoms with E-state index in [1.807, 2.05) is 12.1 Å². The standard InChI is InChI=1S/C16H20N4O4S/c1-11-15(16(21)19(2)13-8-9-25(22,23)10-13)17-18-20(11)12-4-6-14(24-3)7-5-12/h4-7,13H,8-10H2,1-3H3/t13-/m0/s1. The molecular formula is C16H20N4O4S. The first-order valence-electron chi connectivity index (χ1n) is 7.86. The minimum absolute atomic E-state index is 0.000897. The Bertz CT molecular complexity index is 889. The van der Waals surface area contributed by atoms with Gasteiger partial charge in [0, 0.05) is 13.1 Å². The van der Waals surface area contributed by atoms with Gasteiger partial charge in [0.25, 0.3) is 5.91 Å². The van der Waals surface area contributed by atoms with Crippen molar-refractivity contribution in [2.75, 3.05) is 25.7 Å². The fourth-order valence-corrected chi connectivity index (χ4v) is 4.68. The van der Waals surface area contributed by atoms with Gasteiger partial charge in [0.1, 0.15) is 5.75 Å². The molecule has 0 aliphatic carbocycles. The van der Waals surface area contributed by atoms with Gasteiger partial charge in [-0.25, -0.2) is 13.1 Å². The topological polar surface area (TPSA) is 94.4 Å². The number of carbonyl (C=O) groups is 1. The Balaban J connectivity index is 1.83. The molecule has 1 aromatic carbocycles. The summed E-state index contributed by atoms with van der Waals surface area (Å²) in [6.45, 7) is 1.76. The van der Waals surface area contributed by atoms with Crippen molar-refractivity contribution >= 4 is 15.7 Å². The SMILES string of the molecule is COc1ccc(-n2nnc(C(=O)N(C)[C@H]3CCS(=O)(=O)C3)c2C)cc1. The molecule has 0 unspecified atom stereocenters. The number of amides is 1. The van der Waals surface area contributed by atoms with Gasteiger partial charge in [-0.05, 0) is 37.6 Å². The van der Waals surface area contributed by atoms with Crippen LogP contribution in [0.15, 0.2) is 24.3 Å². The fourth-order valence-electron chi connectivity index (χ4n) is 2.91. The predicted molar refractivity (Wildman–Crippen MR) is 91.8 cm³/mol. The highest BCUT2D eigenvalue weighted by molar-refractivity contribution is 7.91. The maximum atomic E-state index is 12.7. The summed E-state index contributed by atoms with van der Waals surface area (Å²) in [6, 6.07) is 6.92. The van der Waals surface area contributed by atoms with Gasteiger partial charge in [-0.15, -0.1) is 5.10 Å². The summed E-state index contributed by atoms with van der Waals surface area (Å²) in [5.41, 5.74) is 1.58. The summed E-state index contributed by atoms with van der Waals surface area (Å²) in [7, 11) is 0.142. The minimum Gasteiger partial charge on any atom is -0.497 e. The van der Waals surface area contributed by atoms with Crippen molar-refractivity contribution in [1.29, 1.82) is 0 Å². The van der Waals surface area contributed by atoms with E-state index in [9.17, 15) is 13.2 Å². The van der Waals surface area contributed by atoms with Crippen LogP contribution in [-0.2, 0) is 9.84 Å². The number of sulfone groups is 1. The lowest BCUT2D eigenvalue weighted by Crippen LogP contribution is -2.38. The average Bonchev–Trinajstić information content (AvgIpc) is 3.16. The van der Waals surface area contributed by atoms with E-state index in [0.29, 0.717) is 12.1 Å². The Kier molecular flexibility index (Phi) is 4.51. The molecule has 1 fully saturated rings. The van der Waals surface area contributed by atoms with Crippen LogP contribution in [0, 0.1) is 6.92 Å². The van der Waals surface area contributed by atoms with Crippen LogP contribution in [0.25, 0.3) is 5.69 Å². The summed E-state index contributed by atoms with van der Waals surface area (Å²) >= 11 is 0. The van der Waals surface area contributed by atoms with E-state index in [-0.39, 0.29) is 29.1 Å². The molecule has 0 bridgehead atoms. The highest BCUT2D eigenvalue weighted by atomic mass is 32.2. The number of benzene rings is 1. The molecule has 1 saturated heterocycles. The number of rotatable bonds is 4. The molecule has 2 aromatic rings. The lowest BCUT2D eigenvalue weighted by atomic mass is 10.2. The number of ether oxygens (including phenoxy) is 1. The summed E-state index contributed by atoms with van der Waals surface area (Å²) < 4.78 is 30.0. The van der Waals surface area contributed by atoms with E-state index >= 15 is 0 Å². The number of nitrogens with zero attached hydrogens (tertiary/aromatic N) is 4. The maximum Gasteiger partial charge on any atom is 0.276 e. The van der Waals surface area contributed by atoms with Gasteiger partial charge in [0.15, 0.2) is 15.5 Å². The molecule has 1 atom stereocenters.